The number of benzene rings is 1. The van der Waals surface area contributed by atoms with E-state index in [9.17, 15) is 0 Å². The molecule has 0 fully saturated rings. The van der Waals surface area contributed by atoms with Gasteiger partial charge in [0.2, 0.25) is 0 Å². The molecule has 1 aromatic carbocycles. The summed E-state index contributed by atoms with van der Waals surface area (Å²) in [5.41, 5.74) is 6.46. The zero-order chi connectivity index (χ0) is 7.68. The van der Waals surface area contributed by atoms with Crippen molar-refractivity contribution in [1.29, 1.82) is 0 Å². The van der Waals surface area contributed by atoms with Crippen molar-refractivity contribution in [2.45, 2.75) is 6.54 Å². The van der Waals surface area contributed by atoms with E-state index >= 15 is 0 Å². The Hall–Kier alpha value is -1.51. The van der Waals surface area contributed by atoms with E-state index < -0.39 is 0 Å². The summed E-state index contributed by atoms with van der Waals surface area (Å²) in [4.78, 5) is 3.94. The molecule has 0 spiro atoms. The number of amidine groups is 1. The molecule has 1 heterocycles. The number of aliphatic imine (C=N–C) groups is 1. The third kappa shape index (κ3) is 1.05. The van der Waals surface area contributed by atoms with Crippen molar-refractivity contribution in [1.82, 2.24) is 0 Å². The van der Waals surface area contributed by atoms with E-state index in [4.69, 9.17) is 10.5 Å². The van der Waals surface area contributed by atoms with E-state index in [1.807, 2.05) is 24.3 Å². The van der Waals surface area contributed by atoms with Crippen molar-refractivity contribution in [3.8, 4) is 5.75 Å². The molecule has 1 aliphatic rings. The van der Waals surface area contributed by atoms with Gasteiger partial charge in [-0.1, -0.05) is 18.2 Å². The van der Waals surface area contributed by atoms with Gasteiger partial charge in [-0.25, -0.2) is 4.99 Å². The molecule has 1 aromatic rings. The molecule has 2 rings (SSSR count). The molecule has 3 heteroatoms. The zero-order valence-electron chi connectivity index (χ0n) is 5.95. The Morgan fingerprint density at radius 2 is 2.18 bits per heavy atom. The highest BCUT2D eigenvalue weighted by Gasteiger charge is 2.08. The molecule has 2 N–H and O–H groups in total. The normalized spacial score (nSPS) is 14.7. The third-order valence-electron chi connectivity index (χ3n) is 1.59. The molecule has 3 nitrogen and oxygen atoms in total. The van der Waals surface area contributed by atoms with Crippen LogP contribution in [0.1, 0.15) is 5.56 Å². The fourth-order valence-corrected chi connectivity index (χ4v) is 1.04. The smallest absolute Gasteiger partial charge is 0.287 e. The maximum Gasteiger partial charge on any atom is 0.287 e. The SMILES string of the molecule is NC1=NCc2ccccc2O1. The van der Waals surface area contributed by atoms with Crippen LogP contribution in [-0.2, 0) is 6.54 Å². The zero-order valence-corrected chi connectivity index (χ0v) is 5.95. The minimum absolute atomic E-state index is 0.253. The number of nitrogens with zero attached hydrogens (tertiary/aromatic N) is 1. The number of nitrogens with two attached hydrogens (primary N) is 1. The monoisotopic (exact) mass is 148 g/mol. The second-order valence-corrected chi connectivity index (χ2v) is 2.36. The summed E-state index contributed by atoms with van der Waals surface area (Å²) in [5, 5.41) is 0. The van der Waals surface area contributed by atoms with Crippen LogP contribution in [0.5, 0.6) is 5.75 Å². The van der Waals surface area contributed by atoms with E-state index in [0.29, 0.717) is 6.54 Å². The van der Waals surface area contributed by atoms with Gasteiger partial charge < -0.3 is 10.5 Å². The van der Waals surface area contributed by atoms with Crippen LogP contribution in [0.15, 0.2) is 29.3 Å². The van der Waals surface area contributed by atoms with Gasteiger partial charge in [0, 0.05) is 5.56 Å². The van der Waals surface area contributed by atoms with Crippen LogP contribution < -0.4 is 10.5 Å². The van der Waals surface area contributed by atoms with Gasteiger partial charge in [-0.05, 0) is 6.07 Å². The lowest BCUT2D eigenvalue weighted by molar-refractivity contribution is 0.514. The molecular weight excluding hydrogens is 140 g/mol. The van der Waals surface area contributed by atoms with Crippen LogP contribution in [0.25, 0.3) is 0 Å². The number of ether oxygens (including phenoxy) is 1. The van der Waals surface area contributed by atoms with Crippen molar-refractivity contribution >= 4 is 6.02 Å². The first kappa shape index (κ1) is 6.22. The van der Waals surface area contributed by atoms with Gasteiger partial charge in [-0.15, -0.1) is 0 Å². The van der Waals surface area contributed by atoms with E-state index in [1.165, 1.54) is 0 Å². The summed E-state index contributed by atoms with van der Waals surface area (Å²) < 4.78 is 5.16. The van der Waals surface area contributed by atoms with Gasteiger partial charge in [-0.3, -0.25) is 0 Å². The first-order valence-corrected chi connectivity index (χ1v) is 3.42. The van der Waals surface area contributed by atoms with Crippen LogP contribution >= 0.6 is 0 Å². The number of hydrogen-bond donors (Lipinski definition) is 1. The molecule has 1 aliphatic heterocycles. The lowest BCUT2D eigenvalue weighted by atomic mass is 10.2. The Kier molecular flexibility index (Phi) is 1.28. The maximum atomic E-state index is 5.38. The van der Waals surface area contributed by atoms with Crippen molar-refractivity contribution in [3.63, 3.8) is 0 Å². The summed E-state index contributed by atoms with van der Waals surface area (Å²) in [6.45, 7) is 0.627. The Labute approximate surface area is 64.5 Å². The minimum Gasteiger partial charge on any atom is -0.426 e. The lowest BCUT2D eigenvalue weighted by Gasteiger charge is -2.12. The first-order valence-electron chi connectivity index (χ1n) is 3.42. The molecular formula is C8H8N2O. The second-order valence-electron chi connectivity index (χ2n) is 2.36. The highest BCUT2D eigenvalue weighted by molar-refractivity contribution is 5.76. The van der Waals surface area contributed by atoms with Gasteiger partial charge in [0.05, 0.1) is 6.54 Å². The molecule has 0 unspecified atom stereocenters. The minimum atomic E-state index is 0.253. The van der Waals surface area contributed by atoms with E-state index in [-0.39, 0.29) is 6.02 Å². The average Bonchev–Trinajstić information content (AvgIpc) is 2.04. The fourth-order valence-electron chi connectivity index (χ4n) is 1.04. The van der Waals surface area contributed by atoms with Crippen LogP contribution in [0, 0.1) is 0 Å². The summed E-state index contributed by atoms with van der Waals surface area (Å²) in [6, 6.07) is 7.99. The molecule has 0 saturated carbocycles. The second kappa shape index (κ2) is 2.27. The first-order chi connectivity index (χ1) is 5.36. The largest absolute Gasteiger partial charge is 0.426 e. The molecule has 0 radical (unpaired) electrons. The molecule has 0 bridgehead atoms. The van der Waals surface area contributed by atoms with E-state index in [1.54, 1.807) is 0 Å². The number of fused-ring (bicyclic) bond motifs is 1. The molecule has 0 saturated heterocycles. The summed E-state index contributed by atoms with van der Waals surface area (Å²) in [5.74, 6) is 0.819. The van der Waals surface area contributed by atoms with Crippen molar-refractivity contribution < 1.29 is 4.74 Å². The molecule has 56 valence electrons. The molecule has 0 atom stereocenters. The van der Waals surface area contributed by atoms with Crippen LogP contribution in [0.3, 0.4) is 0 Å². The Morgan fingerprint density at radius 1 is 1.36 bits per heavy atom. The Bertz CT molecular complexity index is 307. The Balaban J connectivity index is 2.42. The van der Waals surface area contributed by atoms with Gasteiger partial charge in [-0.2, -0.15) is 0 Å². The van der Waals surface area contributed by atoms with E-state index in [2.05, 4.69) is 4.99 Å². The average molecular weight is 148 g/mol. The van der Waals surface area contributed by atoms with E-state index in [0.717, 1.165) is 11.3 Å². The van der Waals surface area contributed by atoms with Crippen molar-refractivity contribution in [3.05, 3.63) is 29.8 Å². The van der Waals surface area contributed by atoms with Crippen LogP contribution in [-0.4, -0.2) is 6.02 Å². The molecule has 0 aliphatic carbocycles. The Morgan fingerprint density at radius 3 is 3.09 bits per heavy atom. The number of rotatable bonds is 0. The highest BCUT2D eigenvalue weighted by atomic mass is 16.5. The van der Waals surface area contributed by atoms with Crippen LogP contribution in [0.2, 0.25) is 0 Å². The molecule has 0 aromatic heterocycles. The van der Waals surface area contributed by atoms with Gasteiger partial charge in [0.25, 0.3) is 6.02 Å². The summed E-state index contributed by atoms with van der Waals surface area (Å²) >= 11 is 0. The standard InChI is InChI=1S/C8H8N2O/c9-8-10-5-6-3-1-2-4-7(6)11-8/h1-4H,5H2,(H2,9,10). The summed E-state index contributed by atoms with van der Waals surface area (Å²) in [7, 11) is 0. The maximum absolute atomic E-state index is 5.38. The van der Waals surface area contributed by atoms with Crippen molar-refractivity contribution in [2.75, 3.05) is 0 Å². The number of para-hydroxylation sites is 1. The number of hydrogen-bond acceptors (Lipinski definition) is 3. The third-order valence-corrected chi connectivity index (χ3v) is 1.59. The van der Waals surface area contributed by atoms with Gasteiger partial charge >= 0.3 is 0 Å². The topological polar surface area (TPSA) is 47.6 Å². The summed E-state index contributed by atoms with van der Waals surface area (Å²) in [6.07, 6.45) is 0. The molecule has 11 heavy (non-hydrogen) atoms. The highest BCUT2D eigenvalue weighted by Crippen LogP contribution is 2.21. The predicted octanol–water partition coefficient (Wildman–Crippen LogP) is 0.894. The lowest BCUT2D eigenvalue weighted by Crippen LogP contribution is -2.23. The fraction of sp³-hybridized carbons (Fsp3) is 0.125. The van der Waals surface area contributed by atoms with Crippen LogP contribution in [0.4, 0.5) is 0 Å². The van der Waals surface area contributed by atoms with Gasteiger partial charge in [0.15, 0.2) is 0 Å². The van der Waals surface area contributed by atoms with Gasteiger partial charge in [0.1, 0.15) is 5.75 Å². The van der Waals surface area contributed by atoms with Crippen molar-refractivity contribution in [2.24, 2.45) is 10.7 Å². The predicted molar refractivity (Wildman–Crippen MR) is 42.4 cm³/mol. The quantitative estimate of drug-likeness (QED) is 0.594. The molecule has 0 amide bonds.